The Morgan fingerprint density at radius 3 is 2.72 bits per heavy atom. The molecule has 0 aliphatic carbocycles. The van der Waals surface area contributed by atoms with Gasteiger partial charge in [-0.05, 0) is 20.3 Å². The third-order valence-corrected chi connectivity index (χ3v) is 4.06. The van der Waals surface area contributed by atoms with Gasteiger partial charge >= 0.3 is 5.97 Å². The van der Waals surface area contributed by atoms with Gasteiger partial charge in [-0.3, -0.25) is 4.79 Å². The highest BCUT2D eigenvalue weighted by atomic mass is 32.1. The van der Waals surface area contributed by atoms with E-state index in [0.29, 0.717) is 6.61 Å². The molecule has 1 aromatic heterocycles. The van der Waals surface area contributed by atoms with Crippen LogP contribution in [0.3, 0.4) is 0 Å². The van der Waals surface area contributed by atoms with Crippen LogP contribution in [0, 0.1) is 6.92 Å². The maximum atomic E-state index is 12.0. The van der Waals surface area contributed by atoms with Crippen LogP contribution in [0.4, 0.5) is 0 Å². The van der Waals surface area contributed by atoms with Crippen LogP contribution in [-0.2, 0) is 9.53 Å². The average Bonchev–Trinajstić information content (AvgIpc) is 2.76. The third kappa shape index (κ3) is 4.41. The first-order chi connectivity index (χ1) is 8.70. The quantitative estimate of drug-likeness (QED) is 0.527. The second-order valence-electron chi connectivity index (χ2n) is 4.46. The van der Waals surface area contributed by atoms with Crippen LogP contribution in [-0.4, -0.2) is 17.6 Å². The summed E-state index contributed by atoms with van der Waals surface area (Å²) in [5.41, 5.74) is 2.77. The molecule has 0 radical (unpaired) electrons. The van der Waals surface area contributed by atoms with Gasteiger partial charge in [-0.15, -0.1) is 11.3 Å². The Morgan fingerprint density at radius 1 is 1.39 bits per heavy atom. The molecule has 0 fully saturated rings. The summed E-state index contributed by atoms with van der Waals surface area (Å²) >= 11 is 1.56. The SMILES string of the molecule is CCCCCCC(C(=O)OCC)c1scnc1C. The highest BCUT2D eigenvalue weighted by Gasteiger charge is 2.24. The van der Waals surface area contributed by atoms with E-state index < -0.39 is 0 Å². The average molecular weight is 269 g/mol. The van der Waals surface area contributed by atoms with Crippen molar-refractivity contribution in [2.75, 3.05) is 6.61 Å². The fourth-order valence-electron chi connectivity index (χ4n) is 2.02. The summed E-state index contributed by atoms with van der Waals surface area (Å²) in [6, 6.07) is 0. The number of rotatable bonds is 8. The predicted molar refractivity (Wildman–Crippen MR) is 75.0 cm³/mol. The lowest BCUT2D eigenvalue weighted by Crippen LogP contribution is -2.16. The number of nitrogens with zero attached hydrogens (tertiary/aromatic N) is 1. The number of hydrogen-bond acceptors (Lipinski definition) is 4. The first-order valence-electron chi connectivity index (χ1n) is 6.77. The lowest BCUT2D eigenvalue weighted by molar-refractivity contribution is -0.145. The van der Waals surface area contributed by atoms with E-state index in [2.05, 4.69) is 11.9 Å². The minimum absolute atomic E-state index is 0.0960. The molecule has 1 rings (SSSR count). The van der Waals surface area contributed by atoms with Crippen LogP contribution < -0.4 is 0 Å². The molecule has 0 N–H and O–H groups in total. The molecular weight excluding hydrogens is 246 g/mol. The zero-order valence-electron chi connectivity index (χ0n) is 11.6. The lowest BCUT2D eigenvalue weighted by Gasteiger charge is -2.14. The number of carbonyl (C=O) groups is 1. The molecule has 0 aliphatic rings. The predicted octanol–water partition coefficient (Wildman–Crippen LogP) is 4.07. The van der Waals surface area contributed by atoms with E-state index in [-0.39, 0.29) is 11.9 Å². The summed E-state index contributed by atoms with van der Waals surface area (Å²) in [6.45, 7) is 6.45. The van der Waals surface area contributed by atoms with Gasteiger partial charge < -0.3 is 4.74 Å². The normalized spacial score (nSPS) is 12.4. The lowest BCUT2D eigenvalue weighted by atomic mass is 9.98. The maximum absolute atomic E-state index is 12.0. The summed E-state index contributed by atoms with van der Waals surface area (Å²) in [5, 5.41) is 0. The molecule has 1 heterocycles. The van der Waals surface area contributed by atoms with Crippen LogP contribution in [0.5, 0.6) is 0 Å². The molecule has 4 heteroatoms. The largest absolute Gasteiger partial charge is 0.465 e. The van der Waals surface area contributed by atoms with Gasteiger partial charge in [0.2, 0.25) is 0 Å². The highest BCUT2D eigenvalue weighted by Crippen LogP contribution is 2.29. The number of aromatic nitrogens is 1. The summed E-state index contributed by atoms with van der Waals surface area (Å²) in [5.74, 6) is -0.212. The van der Waals surface area contributed by atoms with E-state index >= 15 is 0 Å². The van der Waals surface area contributed by atoms with E-state index in [1.807, 2.05) is 19.4 Å². The van der Waals surface area contributed by atoms with Crippen molar-refractivity contribution in [1.29, 1.82) is 0 Å². The second-order valence-corrected chi connectivity index (χ2v) is 5.34. The van der Waals surface area contributed by atoms with Crippen molar-refractivity contribution in [2.45, 2.75) is 58.8 Å². The van der Waals surface area contributed by atoms with Gasteiger partial charge in [0.1, 0.15) is 0 Å². The van der Waals surface area contributed by atoms with Crippen molar-refractivity contribution in [3.63, 3.8) is 0 Å². The maximum Gasteiger partial charge on any atom is 0.314 e. The van der Waals surface area contributed by atoms with Gasteiger partial charge in [0.15, 0.2) is 0 Å². The number of ether oxygens (including phenoxy) is 1. The summed E-state index contributed by atoms with van der Waals surface area (Å²) in [7, 11) is 0. The van der Waals surface area contributed by atoms with Gasteiger partial charge in [-0.2, -0.15) is 0 Å². The molecular formula is C14H23NO2S. The molecule has 0 saturated heterocycles. The smallest absolute Gasteiger partial charge is 0.314 e. The van der Waals surface area contributed by atoms with Gasteiger partial charge in [0, 0.05) is 4.88 Å². The Labute approximate surface area is 114 Å². The van der Waals surface area contributed by atoms with Crippen molar-refractivity contribution in [3.05, 3.63) is 16.1 Å². The van der Waals surface area contributed by atoms with Crippen molar-refractivity contribution >= 4 is 17.3 Å². The van der Waals surface area contributed by atoms with Crippen LogP contribution in [0.1, 0.15) is 62.4 Å². The Kier molecular flexibility index (Phi) is 6.94. The molecule has 0 amide bonds. The second kappa shape index (κ2) is 8.25. The number of esters is 1. The number of unbranched alkanes of at least 4 members (excludes halogenated alkanes) is 3. The Balaban J connectivity index is 2.64. The minimum atomic E-state index is -0.116. The zero-order chi connectivity index (χ0) is 13.4. The number of carbonyl (C=O) groups excluding carboxylic acids is 1. The molecule has 0 saturated carbocycles. The summed E-state index contributed by atoms with van der Waals surface area (Å²) < 4.78 is 5.18. The van der Waals surface area contributed by atoms with Crippen molar-refractivity contribution in [3.8, 4) is 0 Å². The molecule has 18 heavy (non-hydrogen) atoms. The van der Waals surface area contributed by atoms with Crippen molar-refractivity contribution < 1.29 is 9.53 Å². The zero-order valence-corrected chi connectivity index (χ0v) is 12.4. The number of thiazole rings is 1. The summed E-state index contributed by atoms with van der Waals surface area (Å²) in [4.78, 5) is 17.3. The van der Waals surface area contributed by atoms with E-state index in [0.717, 1.165) is 23.4 Å². The van der Waals surface area contributed by atoms with E-state index in [1.165, 1.54) is 19.3 Å². The van der Waals surface area contributed by atoms with Gasteiger partial charge in [0.05, 0.1) is 23.7 Å². The molecule has 1 unspecified atom stereocenters. The first-order valence-corrected chi connectivity index (χ1v) is 7.65. The molecule has 1 atom stereocenters. The van der Waals surface area contributed by atoms with Crippen molar-refractivity contribution in [2.24, 2.45) is 0 Å². The van der Waals surface area contributed by atoms with Gasteiger partial charge in [-0.25, -0.2) is 4.98 Å². The van der Waals surface area contributed by atoms with Crippen LogP contribution in [0.25, 0.3) is 0 Å². The molecule has 0 bridgehead atoms. The Morgan fingerprint density at radius 2 is 2.17 bits per heavy atom. The van der Waals surface area contributed by atoms with E-state index in [4.69, 9.17) is 4.74 Å². The van der Waals surface area contributed by atoms with Crippen LogP contribution in [0.2, 0.25) is 0 Å². The highest BCUT2D eigenvalue weighted by molar-refractivity contribution is 7.10. The van der Waals surface area contributed by atoms with Gasteiger partial charge in [0.25, 0.3) is 0 Å². The molecule has 3 nitrogen and oxygen atoms in total. The molecule has 0 spiro atoms. The molecule has 1 aromatic rings. The topological polar surface area (TPSA) is 39.2 Å². The van der Waals surface area contributed by atoms with Gasteiger partial charge in [-0.1, -0.05) is 32.6 Å². The van der Waals surface area contributed by atoms with Crippen LogP contribution in [0.15, 0.2) is 5.51 Å². The summed E-state index contributed by atoms with van der Waals surface area (Å²) in [6.07, 6.45) is 5.58. The monoisotopic (exact) mass is 269 g/mol. The number of aryl methyl sites for hydroxylation is 1. The molecule has 102 valence electrons. The standard InChI is InChI=1S/C14H23NO2S/c1-4-6-7-8-9-12(14(16)17-5-2)13-11(3)15-10-18-13/h10,12H,4-9H2,1-3H3. The van der Waals surface area contributed by atoms with Crippen LogP contribution >= 0.6 is 11.3 Å². The molecule has 0 aromatic carbocycles. The Bertz CT molecular complexity index is 362. The Hall–Kier alpha value is -0.900. The van der Waals surface area contributed by atoms with E-state index in [9.17, 15) is 4.79 Å². The van der Waals surface area contributed by atoms with E-state index in [1.54, 1.807) is 11.3 Å². The molecule has 0 aliphatic heterocycles. The minimum Gasteiger partial charge on any atom is -0.465 e. The fraction of sp³-hybridized carbons (Fsp3) is 0.714. The first kappa shape index (κ1) is 15.2. The number of hydrogen-bond donors (Lipinski definition) is 0. The third-order valence-electron chi connectivity index (χ3n) is 3.02. The van der Waals surface area contributed by atoms with Crippen molar-refractivity contribution in [1.82, 2.24) is 4.98 Å². The fourth-order valence-corrected chi connectivity index (χ4v) is 2.95.